The number of hydrogen-bond donors (Lipinski definition) is 2. The number of piperazine rings is 1. The van der Waals surface area contributed by atoms with E-state index in [1.807, 2.05) is 18.2 Å². The fourth-order valence-electron chi connectivity index (χ4n) is 2.90. The third-order valence-corrected chi connectivity index (χ3v) is 4.11. The van der Waals surface area contributed by atoms with Crippen molar-refractivity contribution >= 4 is 5.91 Å². The predicted molar refractivity (Wildman–Crippen MR) is 76.8 cm³/mol. The van der Waals surface area contributed by atoms with Crippen LogP contribution in [0.5, 0.6) is 0 Å². The molecule has 1 fully saturated rings. The van der Waals surface area contributed by atoms with Gasteiger partial charge in [-0.2, -0.15) is 0 Å². The van der Waals surface area contributed by atoms with Crippen LogP contribution in [0, 0.1) is 0 Å². The number of carbonyl (C=O) groups is 1. The molecule has 0 bridgehead atoms. The van der Waals surface area contributed by atoms with E-state index in [1.165, 1.54) is 5.56 Å². The molecule has 0 aliphatic carbocycles. The Bertz CT molecular complexity index is 415. The molecule has 1 aromatic rings. The zero-order chi connectivity index (χ0) is 13.7. The van der Waals surface area contributed by atoms with Gasteiger partial charge in [0.05, 0.1) is 0 Å². The molecule has 0 radical (unpaired) electrons. The summed E-state index contributed by atoms with van der Waals surface area (Å²) < 4.78 is 0. The molecule has 1 unspecified atom stereocenters. The van der Waals surface area contributed by atoms with Gasteiger partial charge >= 0.3 is 0 Å². The lowest BCUT2D eigenvalue weighted by Crippen LogP contribution is -2.63. The first-order valence-corrected chi connectivity index (χ1v) is 6.98. The minimum Gasteiger partial charge on any atom is -0.368 e. The van der Waals surface area contributed by atoms with Crippen molar-refractivity contribution < 1.29 is 4.79 Å². The normalized spacial score (nSPS) is 19.8. The summed E-state index contributed by atoms with van der Waals surface area (Å²) in [5.41, 5.74) is 6.38. The van der Waals surface area contributed by atoms with Crippen LogP contribution >= 0.6 is 0 Å². The molecular weight excluding hydrogens is 238 g/mol. The Kier molecular flexibility index (Phi) is 4.56. The molecule has 0 saturated carbocycles. The molecule has 4 heteroatoms. The lowest BCUT2D eigenvalue weighted by molar-refractivity contribution is -0.131. The van der Waals surface area contributed by atoms with Gasteiger partial charge in [-0.05, 0) is 18.4 Å². The Hall–Kier alpha value is -1.39. The van der Waals surface area contributed by atoms with Crippen LogP contribution in [0.25, 0.3) is 0 Å². The van der Waals surface area contributed by atoms with Gasteiger partial charge in [0.1, 0.15) is 5.54 Å². The lowest BCUT2D eigenvalue weighted by atomic mass is 9.85. The third-order valence-electron chi connectivity index (χ3n) is 4.11. The van der Waals surface area contributed by atoms with Crippen LogP contribution in [-0.2, 0) is 11.2 Å². The number of hydrogen-bond acceptors (Lipinski definition) is 3. The van der Waals surface area contributed by atoms with Crippen molar-refractivity contribution in [1.29, 1.82) is 0 Å². The molecule has 1 heterocycles. The molecule has 104 valence electrons. The van der Waals surface area contributed by atoms with E-state index in [0.717, 1.165) is 32.6 Å². The molecule has 1 aliphatic heterocycles. The highest BCUT2D eigenvalue weighted by atomic mass is 16.1. The number of benzene rings is 1. The van der Waals surface area contributed by atoms with Gasteiger partial charge in [-0.3, -0.25) is 9.69 Å². The fourth-order valence-corrected chi connectivity index (χ4v) is 2.90. The maximum absolute atomic E-state index is 12.1. The van der Waals surface area contributed by atoms with E-state index >= 15 is 0 Å². The van der Waals surface area contributed by atoms with Crippen LogP contribution in [-0.4, -0.2) is 42.5 Å². The number of amides is 1. The first-order chi connectivity index (χ1) is 9.19. The zero-order valence-corrected chi connectivity index (χ0v) is 11.6. The van der Waals surface area contributed by atoms with E-state index in [1.54, 1.807) is 0 Å². The smallest absolute Gasteiger partial charge is 0.238 e. The summed E-state index contributed by atoms with van der Waals surface area (Å²) in [4.78, 5) is 14.4. The van der Waals surface area contributed by atoms with E-state index in [4.69, 9.17) is 5.73 Å². The highest BCUT2D eigenvalue weighted by Crippen LogP contribution is 2.25. The van der Waals surface area contributed by atoms with Crippen molar-refractivity contribution in [2.45, 2.75) is 25.3 Å². The summed E-state index contributed by atoms with van der Waals surface area (Å²) in [5, 5.41) is 3.32. The monoisotopic (exact) mass is 261 g/mol. The second-order valence-corrected chi connectivity index (χ2v) is 5.15. The number of nitrogens with two attached hydrogens (primary N) is 1. The maximum atomic E-state index is 12.1. The number of rotatable bonds is 5. The van der Waals surface area contributed by atoms with E-state index in [-0.39, 0.29) is 5.91 Å². The van der Waals surface area contributed by atoms with Crippen LogP contribution < -0.4 is 11.1 Å². The minimum absolute atomic E-state index is 0.208. The van der Waals surface area contributed by atoms with Crippen molar-refractivity contribution in [1.82, 2.24) is 10.2 Å². The standard InChI is InChI=1S/C15H23N3O/c1-2-15(14(16)19,18-10-8-17-9-11-18)12-13-6-4-3-5-7-13/h3-7,17H,2,8-12H2,1H3,(H2,16,19). The molecule has 2 rings (SSSR count). The highest BCUT2D eigenvalue weighted by molar-refractivity contribution is 5.85. The van der Waals surface area contributed by atoms with Gasteiger partial charge in [-0.1, -0.05) is 37.3 Å². The van der Waals surface area contributed by atoms with E-state index in [2.05, 4.69) is 29.3 Å². The summed E-state index contributed by atoms with van der Waals surface area (Å²) in [7, 11) is 0. The number of nitrogens with zero attached hydrogens (tertiary/aromatic N) is 1. The van der Waals surface area contributed by atoms with Crippen LogP contribution in [0.4, 0.5) is 0 Å². The second-order valence-electron chi connectivity index (χ2n) is 5.15. The molecule has 1 aliphatic rings. The molecule has 0 aromatic heterocycles. The summed E-state index contributed by atoms with van der Waals surface area (Å²) in [6.45, 7) is 5.65. The highest BCUT2D eigenvalue weighted by Gasteiger charge is 2.41. The van der Waals surface area contributed by atoms with E-state index in [9.17, 15) is 4.79 Å². The quantitative estimate of drug-likeness (QED) is 0.823. The van der Waals surface area contributed by atoms with Gasteiger partial charge in [-0.15, -0.1) is 0 Å². The first kappa shape index (κ1) is 14.0. The van der Waals surface area contributed by atoms with Crippen LogP contribution in [0.2, 0.25) is 0 Å². The van der Waals surface area contributed by atoms with Crippen LogP contribution in [0.1, 0.15) is 18.9 Å². The second kappa shape index (κ2) is 6.17. The zero-order valence-electron chi connectivity index (χ0n) is 11.6. The number of nitrogens with one attached hydrogen (secondary N) is 1. The van der Waals surface area contributed by atoms with Crippen molar-refractivity contribution in [3.8, 4) is 0 Å². The molecule has 1 aromatic carbocycles. The summed E-state index contributed by atoms with van der Waals surface area (Å²) >= 11 is 0. The first-order valence-electron chi connectivity index (χ1n) is 6.98. The number of primary amides is 1. The average Bonchev–Trinajstić information content (AvgIpc) is 2.46. The summed E-state index contributed by atoms with van der Waals surface area (Å²) in [6.07, 6.45) is 1.44. The van der Waals surface area contributed by atoms with Gasteiger partial charge in [0.25, 0.3) is 0 Å². The van der Waals surface area contributed by atoms with Crippen LogP contribution in [0.3, 0.4) is 0 Å². The van der Waals surface area contributed by atoms with Gasteiger partial charge < -0.3 is 11.1 Å². The van der Waals surface area contributed by atoms with Gasteiger partial charge in [-0.25, -0.2) is 0 Å². The molecular formula is C15H23N3O. The molecule has 0 spiro atoms. The third kappa shape index (κ3) is 2.96. The Morgan fingerprint density at radius 3 is 2.47 bits per heavy atom. The molecule has 19 heavy (non-hydrogen) atoms. The molecule has 1 amide bonds. The SMILES string of the molecule is CCC(Cc1ccccc1)(C(N)=O)N1CCNCC1. The summed E-state index contributed by atoms with van der Waals surface area (Å²) in [5.74, 6) is -0.208. The Balaban J connectivity index is 2.25. The Morgan fingerprint density at radius 2 is 1.95 bits per heavy atom. The number of carbonyl (C=O) groups excluding carboxylic acids is 1. The maximum Gasteiger partial charge on any atom is 0.238 e. The Labute approximate surface area is 115 Å². The largest absolute Gasteiger partial charge is 0.368 e. The fraction of sp³-hybridized carbons (Fsp3) is 0.533. The van der Waals surface area contributed by atoms with Crippen molar-refractivity contribution in [3.05, 3.63) is 35.9 Å². The van der Waals surface area contributed by atoms with Gasteiger partial charge in [0.15, 0.2) is 0 Å². The topological polar surface area (TPSA) is 58.4 Å². The molecule has 4 nitrogen and oxygen atoms in total. The van der Waals surface area contributed by atoms with Gasteiger partial charge in [0.2, 0.25) is 5.91 Å². The van der Waals surface area contributed by atoms with E-state index in [0.29, 0.717) is 6.42 Å². The van der Waals surface area contributed by atoms with Crippen molar-refractivity contribution in [3.63, 3.8) is 0 Å². The molecule has 1 atom stereocenters. The Morgan fingerprint density at radius 1 is 1.32 bits per heavy atom. The van der Waals surface area contributed by atoms with Crippen LogP contribution in [0.15, 0.2) is 30.3 Å². The minimum atomic E-state index is -0.552. The predicted octanol–water partition coefficient (Wildman–Crippen LogP) is 0.768. The van der Waals surface area contributed by atoms with Crippen molar-refractivity contribution in [2.75, 3.05) is 26.2 Å². The average molecular weight is 261 g/mol. The van der Waals surface area contributed by atoms with Crippen molar-refractivity contribution in [2.24, 2.45) is 5.73 Å². The summed E-state index contributed by atoms with van der Waals surface area (Å²) in [6, 6.07) is 10.1. The lowest BCUT2D eigenvalue weighted by Gasteiger charge is -2.43. The van der Waals surface area contributed by atoms with Gasteiger partial charge in [0, 0.05) is 26.2 Å². The molecule has 3 N–H and O–H groups in total. The molecule has 1 saturated heterocycles. The van der Waals surface area contributed by atoms with E-state index < -0.39 is 5.54 Å².